The van der Waals surface area contributed by atoms with E-state index in [0.29, 0.717) is 16.6 Å². The van der Waals surface area contributed by atoms with Crippen LogP contribution in [0.2, 0.25) is 16.6 Å². The van der Waals surface area contributed by atoms with Crippen LogP contribution in [0.1, 0.15) is 53.5 Å². The summed E-state index contributed by atoms with van der Waals surface area (Å²) in [5.74, 6) is 0. The lowest BCUT2D eigenvalue weighted by Crippen LogP contribution is -2.46. The largest absolute Gasteiger partial charge is 0.193 e. The molecule has 0 saturated carbocycles. The van der Waals surface area contributed by atoms with E-state index in [9.17, 15) is 5.26 Å². The second-order valence-corrected chi connectivity index (χ2v) is 13.4. The Morgan fingerprint density at radius 2 is 1.54 bits per heavy atom. The van der Waals surface area contributed by atoms with Crippen molar-refractivity contribution in [3.8, 4) is 6.07 Å². The van der Waals surface area contributed by atoms with Crippen molar-refractivity contribution in [2.75, 3.05) is 0 Å². The van der Waals surface area contributed by atoms with E-state index in [1.807, 2.05) is 0 Å². The Hall–Kier alpha value is -1.59. The van der Waals surface area contributed by atoms with Crippen LogP contribution in [-0.4, -0.2) is 8.07 Å². The summed E-state index contributed by atoms with van der Waals surface area (Å²) in [6, 6.07) is 13.1. The molecule has 0 aliphatic carbocycles. The lowest BCUT2D eigenvalue weighted by Gasteiger charge is -2.42. The SMILES string of the molecule is CC(C)[Si](/C(C#N)=C/C=C/CCc1ccccc1)(C(C)C)C(C)C. The zero-order chi connectivity index (χ0) is 18.2. The van der Waals surface area contributed by atoms with Gasteiger partial charge in [0.05, 0.1) is 6.07 Å². The molecule has 0 spiro atoms. The second-order valence-electron chi connectivity index (χ2n) is 7.54. The maximum absolute atomic E-state index is 9.83. The molecule has 0 aliphatic rings. The van der Waals surface area contributed by atoms with E-state index in [0.717, 1.165) is 18.0 Å². The summed E-state index contributed by atoms with van der Waals surface area (Å²) in [6.07, 6.45) is 8.48. The maximum Gasteiger partial charge on any atom is 0.108 e. The highest BCUT2D eigenvalue weighted by atomic mass is 28.3. The van der Waals surface area contributed by atoms with Crippen LogP contribution in [0.15, 0.2) is 53.8 Å². The molecule has 0 amide bonds. The smallest absolute Gasteiger partial charge is 0.108 e. The van der Waals surface area contributed by atoms with Crippen LogP contribution in [-0.2, 0) is 6.42 Å². The van der Waals surface area contributed by atoms with Crippen molar-refractivity contribution >= 4 is 8.07 Å². The lowest BCUT2D eigenvalue weighted by molar-refractivity contribution is 0.827. The van der Waals surface area contributed by atoms with Gasteiger partial charge in [0.25, 0.3) is 0 Å². The van der Waals surface area contributed by atoms with Crippen molar-refractivity contribution < 1.29 is 0 Å². The third-order valence-electron chi connectivity index (χ3n) is 5.29. The zero-order valence-electron chi connectivity index (χ0n) is 16.2. The summed E-state index contributed by atoms with van der Waals surface area (Å²) in [4.78, 5) is 0. The summed E-state index contributed by atoms with van der Waals surface area (Å²) in [7, 11) is -1.83. The molecule has 0 saturated heterocycles. The Morgan fingerprint density at radius 1 is 1.00 bits per heavy atom. The molecule has 1 rings (SSSR count). The number of hydrogen-bond acceptors (Lipinski definition) is 1. The Labute approximate surface area is 150 Å². The van der Waals surface area contributed by atoms with Crippen molar-refractivity contribution in [2.24, 2.45) is 0 Å². The first kappa shape index (κ1) is 20.5. The zero-order valence-corrected chi connectivity index (χ0v) is 17.2. The molecule has 0 radical (unpaired) electrons. The van der Waals surface area contributed by atoms with Crippen molar-refractivity contribution in [2.45, 2.75) is 71.0 Å². The van der Waals surface area contributed by atoms with E-state index >= 15 is 0 Å². The molecule has 0 atom stereocenters. The van der Waals surface area contributed by atoms with Gasteiger partial charge >= 0.3 is 0 Å². The minimum absolute atomic E-state index is 0.570. The number of hydrogen-bond donors (Lipinski definition) is 0. The van der Waals surface area contributed by atoms with Gasteiger partial charge in [-0.25, -0.2) is 0 Å². The Balaban J connectivity index is 2.91. The van der Waals surface area contributed by atoms with Crippen molar-refractivity contribution in [1.82, 2.24) is 0 Å². The molecule has 2 heteroatoms. The monoisotopic (exact) mass is 339 g/mol. The van der Waals surface area contributed by atoms with Gasteiger partial charge in [-0.2, -0.15) is 5.26 Å². The standard InChI is InChI=1S/C22H33NSi/c1-18(2)24(19(3)4,20(5)6)22(17-23)16-12-8-11-15-21-13-9-7-10-14-21/h7-10,12-14,16,18-20H,11,15H2,1-6H3/b12-8+,22-16+. The van der Waals surface area contributed by atoms with Crippen LogP contribution >= 0.6 is 0 Å². The van der Waals surface area contributed by atoms with E-state index in [4.69, 9.17) is 0 Å². The minimum atomic E-state index is -1.83. The lowest BCUT2D eigenvalue weighted by atomic mass is 10.1. The molecule has 24 heavy (non-hydrogen) atoms. The fourth-order valence-electron chi connectivity index (χ4n) is 4.37. The predicted octanol–water partition coefficient (Wildman–Crippen LogP) is 6.84. The van der Waals surface area contributed by atoms with Crippen molar-refractivity contribution in [1.29, 1.82) is 5.26 Å². The van der Waals surface area contributed by atoms with E-state index in [1.165, 1.54) is 5.56 Å². The minimum Gasteiger partial charge on any atom is -0.193 e. The predicted molar refractivity (Wildman–Crippen MR) is 109 cm³/mol. The Bertz CT molecular complexity index is 566. The highest BCUT2D eigenvalue weighted by Crippen LogP contribution is 2.46. The Kier molecular flexibility index (Phi) is 8.22. The number of nitriles is 1. The first-order valence-corrected chi connectivity index (χ1v) is 11.4. The number of allylic oxidation sites excluding steroid dienone is 4. The van der Waals surface area contributed by atoms with Crippen LogP contribution in [0.25, 0.3) is 0 Å². The molecule has 0 bridgehead atoms. The summed E-state index contributed by atoms with van der Waals surface area (Å²) >= 11 is 0. The topological polar surface area (TPSA) is 23.8 Å². The molecule has 0 aromatic heterocycles. The normalized spacial score (nSPS) is 13.2. The van der Waals surface area contributed by atoms with Gasteiger partial charge in [0.15, 0.2) is 0 Å². The number of rotatable bonds is 8. The molecule has 0 heterocycles. The van der Waals surface area contributed by atoms with Gasteiger partial charge in [-0.3, -0.25) is 0 Å². The van der Waals surface area contributed by atoms with Crippen molar-refractivity contribution in [3.05, 3.63) is 59.3 Å². The molecule has 0 aliphatic heterocycles. The van der Waals surface area contributed by atoms with E-state index in [2.05, 4.69) is 96.2 Å². The summed E-state index contributed by atoms with van der Waals surface area (Å²) in [5, 5.41) is 10.9. The number of benzene rings is 1. The van der Waals surface area contributed by atoms with E-state index in [1.54, 1.807) is 0 Å². The third-order valence-corrected chi connectivity index (χ3v) is 12.2. The maximum atomic E-state index is 9.83. The average molecular weight is 340 g/mol. The van der Waals surface area contributed by atoms with Gasteiger partial charge in [0.1, 0.15) is 8.07 Å². The highest BCUT2D eigenvalue weighted by Gasteiger charge is 2.46. The van der Waals surface area contributed by atoms with Crippen LogP contribution < -0.4 is 0 Å². The van der Waals surface area contributed by atoms with Gasteiger partial charge in [-0.1, -0.05) is 90.1 Å². The van der Waals surface area contributed by atoms with Crippen LogP contribution in [0.4, 0.5) is 0 Å². The molecule has 0 N–H and O–H groups in total. The van der Waals surface area contributed by atoms with E-state index < -0.39 is 8.07 Å². The van der Waals surface area contributed by atoms with Gasteiger partial charge in [-0.05, 0) is 35.0 Å². The van der Waals surface area contributed by atoms with E-state index in [-0.39, 0.29) is 0 Å². The van der Waals surface area contributed by atoms with Crippen LogP contribution in [0.3, 0.4) is 0 Å². The summed E-state index contributed by atoms with van der Waals surface area (Å²) in [6.45, 7) is 13.8. The highest BCUT2D eigenvalue weighted by molar-refractivity contribution is 6.90. The molecule has 0 unspecified atom stereocenters. The Morgan fingerprint density at radius 3 is 2.00 bits per heavy atom. The molecular formula is C22H33NSi. The number of aryl methyl sites for hydroxylation is 1. The second kappa shape index (κ2) is 9.64. The number of nitrogens with zero attached hydrogens (tertiary/aromatic N) is 1. The molecule has 0 fully saturated rings. The summed E-state index contributed by atoms with van der Waals surface area (Å²) < 4.78 is 0. The molecule has 1 aromatic carbocycles. The fraction of sp³-hybridized carbons (Fsp3) is 0.500. The third kappa shape index (κ3) is 4.71. The fourth-order valence-corrected chi connectivity index (χ4v) is 10.8. The first-order valence-electron chi connectivity index (χ1n) is 9.18. The average Bonchev–Trinajstić information content (AvgIpc) is 2.53. The quantitative estimate of drug-likeness (QED) is 0.289. The molecule has 130 valence electrons. The van der Waals surface area contributed by atoms with Gasteiger partial charge in [0.2, 0.25) is 0 Å². The first-order chi connectivity index (χ1) is 11.4. The van der Waals surface area contributed by atoms with Gasteiger partial charge < -0.3 is 0 Å². The van der Waals surface area contributed by atoms with Crippen LogP contribution in [0, 0.1) is 11.3 Å². The van der Waals surface area contributed by atoms with Gasteiger partial charge in [0, 0.05) is 5.20 Å². The summed E-state index contributed by atoms with van der Waals surface area (Å²) in [5.41, 5.74) is 3.07. The van der Waals surface area contributed by atoms with Gasteiger partial charge in [-0.15, -0.1) is 0 Å². The molecule has 1 nitrogen and oxygen atoms in total. The van der Waals surface area contributed by atoms with Crippen LogP contribution in [0.5, 0.6) is 0 Å². The van der Waals surface area contributed by atoms with Crippen molar-refractivity contribution in [3.63, 3.8) is 0 Å². The molecule has 1 aromatic rings. The molecular weight excluding hydrogens is 306 g/mol.